The zero-order chi connectivity index (χ0) is 16.1. The maximum Gasteiger partial charge on any atom is 0.255 e. The van der Waals surface area contributed by atoms with Crippen LogP contribution >= 0.6 is 11.8 Å². The van der Waals surface area contributed by atoms with Crippen molar-refractivity contribution in [1.82, 2.24) is 15.2 Å². The summed E-state index contributed by atoms with van der Waals surface area (Å²) in [4.78, 5) is 16.2. The summed E-state index contributed by atoms with van der Waals surface area (Å²) in [5.41, 5.74) is 2.17. The topological polar surface area (TPSA) is 70.7 Å². The van der Waals surface area contributed by atoms with Crippen molar-refractivity contribution in [3.05, 3.63) is 71.8 Å². The number of benzene rings is 2. The number of amides is 1. The van der Waals surface area contributed by atoms with E-state index in [2.05, 4.69) is 20.5 Å². The van der Waals surface area contributed by atoms with Gasteiger partial charge in [-0.2, -0.15) is 5.10 Å². The molecule has 0 aliphatic carbocycles. The fourth-order valence-electron chi connectivity index (χ4n) is 1.90. The second-order valence-electron chi connectivity index (χ2n) is 4.74. The lowest BCUT2D eigenvalue weighted by Gasteiger charge is -2.06. The van der Waals surface area contributed by atoms with Crippen LogP contribution in [0.3, 0.4) is 0 Å². The first-order valence-corrected chi connectivity index (χ1v) is 7.83. The van der Waals surface area contributed by atoms with E-state index in [-0.39, 0.29) is 11.7 Å². The summed E-state index contributed by atoms with van der Waals surface area (Å²) < 4.78 is 12.8. The normalized spacial score (nSPS) is 10.5. The van der Waals surface area contributed by atoms with E-state index >= 15 is 0 Å². The summed E-state index contributed by atoms with van der Waals surface area (Å²) in [6.07, 6.45) is 1.46. The molecule has 2 aromatic carbocycles. The lowest BCUT2D eigenvalue weighted by Crippen LogP contribution is -2.11. The molecule has 5 nitrogen and oxygen atoms in total. The summed E-state index contributed by atoms with van der Waals surface area (Å²) in [5, 5.41) is 10.0. The van der Waals surface area contributed by atoms with Crippen molar-refractivity contribution in [3.63, 3.8) is 0 Å². The van der Waals surface area contributed by atoms with Gasteiger partial charge in [0.05, 0.1) is 0 Å². The zero-order valence-electron chi connectivity index (χ0n) is 12.0. The predicted molar refractivity (Wildman–Crippen MR) is 86.7 cm³/mol. The van der Waals surface area contributed by atoms with Crippen LogP contribution in [0.5, 0.6) is 0 Å². The number of nitrogens with zero attached hydrogens (tertiary/aromatic N) is 2. The van der Waals surface area contributed by atoms with Crippen LogP contribution in [0, 0.1) is 5.82 Å². The van der Waals surface area contributed by atoms with E-state index in [0.717, 1.165) is 16.5 Å². The first-order valence-electron chi connectivity index (χ1n) is 6.85. The van der Waals surface area contributed by atoms with Gasteiger partial charge in [0, 0.05) is 17.0 Å². The Kier molecular flexibility index (Phi) is 4.68. The van der Waals surface area contributed by atoms with Gasteiger partial charge in [-0.05, 0) is 42.0 Å². The lowest BCUT2D eigenvalue weighted by molar-refractivity contribution is 0.102. The van der Waals surface area contributed by atoms with Gasteiger partial charge < -0.3 is 5.32 Å². The van der Waals surface area contributed by atoms with Crippen molar-refractivity contribution in [2.45, 2.75) is 10.9 Å². The largest absolute Gasteiger partial charge is 0.322 e. The number of anilines is 1. The molecule has 116 valence electrons. The highest BCUT2D eigenvalue weighted by Gasteiger charge is 2.06. The van der Waals surface area contributed by atoms with Crippen LogP contribution in [0.1, 0.15) is 15.9 Å². The Morgan fingerprint density at radius 2 is 1.87 bits per heavy atom. The monoisotopic (exact) mass is 328 g/mol. The van der Waals surface area contributed by atoms with E-state index in [4.69, 9.17) is 0 Å². The molecule has 0 aliphatic heterocycles. The van der Waals surface area contributed by atoms with Gasteiger partial charge in [-0.1, -0.05) is 23.9 Å². The molecule has 23 heavy (non-hydrogen) atoms. The average Bonchev–Trinajstić information content (AvgIpc) is 3.09. The maximum absolute atomic E-state index is 12.8. The highest BCUT2D eigenvalue weighted by molar-refractivity contribution is 7.98. The number of hydrogen-bond acceptors (Lipinski definition) is 4. The molecule has 0 spiro atoms. The van der Waals surface area contributed by atoms with Gasteiger partial charge in [0.25, 0.3) is 5.91 Å². The van der Waals surface area contributed by atoms with Crippen molar-refractivity contribution in [1.29, 1.82) is 0 Å². The third kappa shape index (κ3) is 4.17. The molecule has 3 rings (SSSR count). The summed E-state index contributed by atoms with van der Waals surface area (Å²) in [6.45, 7) is 0. The minimum atomic E-state index is -0.336. The molecule has 3 aromatic rings. The Morgan fingerprint density at radius 1 is 1.13 bits per heavy atom. The molecule has 1 aromatic heterocycles. The molecule has 0 bridgehead atoms. The van der Waals surface area contributed by atoms with Gasteiger partial charge in [0.2, 0.25) is 0 Å². The van der Waals surface area contributed by atoms with Gasteiger partial charge >= 0.3 is 0 Å². The fraction of sp³-hybridized carbons (Fsp3) is 0.0625. The summed E-state index contributed by atoms with van der Waals surface area (Å²) in [7, 11) is 0. The van der Waals surface area contributed by atoms with Crippen LogP contribution in [0.15, 0.2) is 60.0 Å². The Bertz CT molecular complexity index is 773. The van der Waals surface area contributed by atoms with Gasteiger partial charge in [-0.15, -0.1) is 0 Å². The minimum Gasteiger partial charge on any atom is -0.322 e. The lowest BCUT2D eigenvalue weighted by atomic mass is 10.1. The molecule has 0 saturated heterocycles. The average molecular weight is 328 g/mol. The first kappa shape index (κ1) is 15.2. The van der Waals surface area contributed by atoms with Crippen LogP contribution in [-0.4, -0.2) is 21.1 Å². The van der Waals surface area contributed by atoms with Crippen LogP contribution in [-0.2, 0) is 5.75 Å². The van der Waals surface area contributed by atoms with E-state index in [1.165, 1.54) is 42.4 Å². The minimum absolute atomic E-state index is 0.231. The first-order chi connectivity index (χ1) is 11.2. The quantitative estimate of drug-likeness (QED) is 0.703. The maximum atomic E-state index is 12.8. The molecule has 0 fully saturated rings. The number of nitrogens with one attached hydrogen (secondary N) is 2. The van der Waals surface area contributed by atoms with Crippen molar-refractivity contribution in [2.24, 2.45) is 0 Å². The Labute approximate surface area is 136 Å². The highest BCUT2D eigenvalue weighted by atomic mass is 32.2. The second-order valence-corrected chi connectivity index (χ2v) is 5.70. The number of thioether (sulfide) groups is 1. The molecule has 0 aliphatic rings. The number of carbonyl (C=O) groups excluding carboxylic acids is 1. The Morgan fingerprint density at radius 3 is 2.52 bits per heavy atom. The zero-order valence-corrected chi connectivity index (χ0v) is 12.8. The number of aromatic amines is 1. The van der Waals surface area contributed by atoms with Crippen LogP contribution in [0.2, 0.25) is 0 Å². The van der Waals surface area contributed by atoms with Gasteiger partial charge in [0.1, 0.15) is 12.1 Å². The van der Waals surface area contributed by atoms with Gasteiger partial charge in [-0.3, -0.25) is 9.89 Å². The predicted octanol–water partition coefficient (Wildman–Crippen LogP) is 3.49. The summed E-state index contributed by atoms with van der Waals surface area (Å²) in [6, 6.07) is 13.0. The molecule has 1 heterocycles. The van der Waals surface area contributed by atoms with E-state index in [1.807, 2.05) is 12.1 Å². The molecule has 7 heteroatoms. The van der Waals surface area contributed by atoms with Crippen molar-refractivity contribution >= 4 is 23.4 Å². The summed E-state index contributed by atoms with van der Waals surface area (Å²) in [5.74, 6) is 0.164. The van der Waals surface area contributed by atoms with E-state index in [9.17, 15) is 9.18 Å². The molecule has 0 unspecified atom stereocenters. The van der Waals surface area contributed by atoms with Crippen molar-refractivity contribution < 1.29 is 9.18 Å². The number of H-pyrrole nitrogens is 1. The molecular formula is C16H13FN4OS. The van der Waals surface area contributed by atoms with E-state index < -0.39 is 0 Å². The van der Waals surface area contributed by atoms with Crippen LogP contribution in [0.4, 0.5) is 10.1 Å². The highest BCUT2D eigenvalue weighted by Crippen LogP contribution is 2.19. The molecule has 0 radical (unpaired) electrons. The smallest absolute Gasteiger partial charge is 0.255 e. The molecule has 0 saturated carbocycles. The van der Waals surface area contributed by atoms with Crippen molar-refractivity contribution in [3.8, 4) is 0 Å². The Hall–Kier alpha value is -2.67. The number of rotatable bonds is 5. The standard InChI is InChI=1S/C16H13FN4OS/c17-13-5-7-14(8-6-13)20-15(22)12-3-1-11(2-4-12)9-23-16-18-10-19-21-16/h1-8,10H,9H2,(H,20,22)(H,18,19,21). The van der Waals surface area contributed by atoms with E-state index in [1.54, 1.807) is 12.1 Å². The van der Waals surface area contributed by atoms with Gasteiger partial charge in [0.15, 0.2) is 5.16 Å². The SMILES string of the molecule is O=C(Nc1ccc(F)cc1)c1ccc(CSc2ncn[nH]2)cc1. The van der Waals surface area contributed by atoms with Gasteiger partial charge in [-0.25, -0.2) is 9.37 Å². The summed E-state index contributed by atoms with van der Waals surface area (Å²) >= 11 is 1.53. The molecule has 2 N–H and O–H groups in total. The van der Waals surface area contributed by atoms with Crippen molar-refractivity contribution in [2.75, 3.05) is 5.32 Å². The number of carbonyl (C=O) groups is 1. The Balaban J connectivity index is 1.59. The molecule has 0 atom stereocenters. The van der Waals surface area contributed by atoms with Crippen LogP contribution in [0.25, 0.3) is 0 Å². The third-order valence-corrected chi connectivity index (χ3v) is 4.03. The van der Waals surface area contributed by atoms with E-state index in [0.29, 0.717) is 11.3 Å². The molecule has 1 amide bonds. The fourth-order valence-corrected chi connectivity index (χ4v) is 2.64. The second kappa shape index (κ2) is 7.06. The third-order valence-electron chi connectivity index (χ3n) is 3.09. The number of aromatic nitrogens is 3. The number of hydrogen-bond donors (Lipinski definition) is 2. The van der Waals surface area contributed by atoms with Crippen LogP contribution < -0.4 is 5.32 Å². The molecular weight excluding hydrogens is 315 g/mol. The number of halogens is 1.